The van der Waals surface area contributed by atoms with E-state index in [9.17, 15) is 18.0 Å². The van der Waals surface area contributed by atoms with E-state index in [0.717, 1.165) is 19.1 Å². The van der Waals surface area contributed by atoms with Crippen LogP contribution in [0.25, 0.3) is 0 Å². The summed E-state index contributed by atoms with van der Waals surface area (Å²) in [6, 6.07) is 1.83. The highest BCUT2D eigenvalue weighted by molar-refractivity contribution is 9.10. The van der Waals surface area contributed by atoms with Crippen LogP contribution in [-0.2, 0) is 0 Å². The monoisotopic (exact) mass is 266 g/mol. The van der Waals surface area contributed by atoms with Crippen LogP contribution in [0.1, 0.15) is 29.3 Å². The smallest absolute Gasteiger partial charge is 0.263 e. The van der Waals surface area contributed by atoms with Crippen LogP contribution in [0, 0.1) is 5.82 Å². The average molecular weight is 267 g/mol. The fourth-order valence-electron chi connectivity index (χ4n) is 0.992. The number of Topliss-reactive ketones (excluding diaryl/α,β-unsaturated/α-hetero) is 1. The fourth-order valence-corrected chi connectivity index (χ4v) is 1.47. The van der Waals surface area contributed by atoms with E-state index in [4.69, 9.17) is 0 Å². The Kier molecular flexibility index (Phi) is 3.31. The molecule has 1 aromatic carbocycles. The maximum atomic E-state index is 13.2. The molecule has 0 unspecified atom stereocenters. The molecular weight excluding hydrogens is 261 g/mol. The molecule has 0 aliphatic rings. The minimum atomic E-state index is -2.72. The Balaban J connectivity index is 3.35. The van der Waals surface area contributed by atoms with Gasteiger partial charge in [-0.25, -0.2) is 13.2 Å². The zero-order valence-corrected chi connectivity index (χ0v) is 8.74. The van der Waals surface area contributed by atoms with Gasteiger partial charge < -0.3 is 0 Å². The molecule has 0 amide bonds. The van der Waals surface area contributed by atoms with E-state index < -0.39 is 18.0 Å². The summed E-state index contributed by atoms with van der Waals surface area (Å²) in [7, 11) is 0. The van der Waals surface area contributed by atoms with Crippen LogP contribution in [0.3, 0.4) is 0 Å². The van der Waals surface area contributed by atoms with Crippen LogP contribution in [0.4, 0.5) is 13.2 Å². The SMILES string of the molecule is CC(=O)c1cc(C(F)F)cc(Br)c1F. The molecule has 0 atom stereocenters. The molecule has 0 saturated carbocycles. The third-order valence-corrected chi connectivity index (χ3v) is 2.26. The standard InChI is InChI=1S/C9H6BrF3O/c1-4(14)6-2-5(9(12)13)3-7(10)8(6)11/h2-3,9H,1H3. The van der Waals surface area contributed by atoms with Crippen LogP contribution in [0.15, 0.2) is 16.6 Å². The Morgan fingerprint density at radius 2 is 2.00 bits per heavy atom. The van der Waals surface area contributed by atoms with Crippen LogP contribution < -0.4 is 0 Å². The lowest BCUT2D eigenvalue weighted by atomic mass is 10.1. The van der Waals surface area contributed by atoms with Gasteiger partial charge in [-0.2, -0.15) is 0 Å². The molecule has 0 bridgehead atoms. The second-order valence-electron chi connectivity index (χ2n) is 2.72. The topological polar surface area (TPSA) is 17.1 Å². The lowest BCUT2D eigenvalue weighted by molar-refractivity contribution is 0.101. The Hall–Kier alpha value is -0.840. The zero-order valence-electron chi connectivity index (χ0n) is 7.15. The average Bonchev–Trinajstić information content (AvgIpc) is 2.08. The van der Waals surface area contributed by atoms with Crippen LogP contribution in [0.5, 0.6) is 0 Å². The highest BCUT2D eigenvalue weighted by Gasteiger charge is 2.16. The number of ketones is 1. The summed E-state index contributed by atoms with van der Waals surface area (Å²) >= 11 is 2.77. The van der Waals surface area contributed by atoms with Gasteiger partial charge in [-0.15, -0.1) is 0 Å². The highest BCUT2D eigenvalue weighted by atomic mass is 79.9. The second-order valence-corrected chi connectivity index (χ2v) is 3.58. The summed E-state index contributed by atoms with van der Waals surface area (Å²) in [5.41, 5.74) is -0.696. The van der Waals surface area contributed by atoms with Crippen molar-refractivity contribution in [1.82, 2.24) is 0 Å². The summed E-state index contributed by atoms with van der Waals surface area (Å²) in [4.78, 5) is 10.9. The first-order valence-corrected chi connectivity index (χ1v) is 4.50. The van der Waals surface area contributed by atoms with Gasteiger partial charge in [-0.3, -0.25) is 4.79 Å². The molecule has 0 aliphatic heterocycles. The summed E-state index contributed by atoms with van der Waals surface area (Å²) in [6.07, 6.45) is -2.72. The molecule has 1 rings (SSSR count). The molecule has 0 aliphatic carbocycles. The van der Waals surface area contributed by atoms with Gasteiger partial charge in [0.15, 0.2) is 5.78 Å². The number of carbonyl (C=O) groups excluding carboxylic acids is 1. The molecule has 14 heavy (non-hydrogen) atoms. The predicted octanol–water partition coefficient (Wildman–Crippen LogP) is 3.73. The number of rotatable bonds is 2. The van der Waals surface area contributed by atoms with E-state index >= 15 is 0 Å². The Bertz CT molecular complexity index is 377. The minimum Gasteiger partial charge on any atom is -0.294 e. The molecule has 0 radical (unpaired) electrons. The molecule has 0 saturated heterocycles. The number of alkyl halides is 2. The first-order valence-electron chi connectivity index (χ1n) is 3.71. The van der Waals surface area contributed by atoms with Crippen molar-refractivity contribution in [3.8, 4) is 0 Å². The number of halogens is 4. The van der Waals surface area contributed by atoms with Crippen molar-refractivity contribution in [2.24, 2.45) is 0 Å². The van der Waals surface area contributed by atoms with E-state index in [1.165, 1.54) is 0 Å². The predicted molar refractivity (Wildman–Crippen MR) is 49.1 cm³/mol. The molecule has 0 heterocycles. The normalized spacial score (nSPS) is 10.7. The van der Waals surface area contributed by atoms with Crippen LogP contribution >= 0.6 is 15.9 Å². The van der Waals surface area contributed by atoms with E-state index in [2.05, 4.69) is 15.9 Å². The molecule has 1 aromatic rings. The quantitative estimate of drug-likeness (QED) is 0.746. The van der Waals surface area contributed by atoms with Crippen molar-refractivity contribution in [1.29, 1.82) is 0 Å². The van der Waals surface area contributed by atoms with Crippen LogP contribution in [0.2, 0.25) is 0 Å². The highest BCUT2D eigenvalue weighted by Crippen LogP contribution is 2.27. The van der Waals surface area contributed by atoms with E-state index in [0.29, 0.717) is 0 Å². The minimum absolute atomic E-state index is 0.125. The third kappa shape index (κ3) is 2.15. The van der Waals surface area contributed by atoms with Gasteiger partial charge in [0.2, 0.25) is 0 Å². The third-order valence-electron chi connectivity index (χ3n) is 1.68. The number of hydrogen-bond acceptors (Lipinski definition) is 1. The van der Waals surface area contributed by atoms with Crippen LogP contribution in [-0.4, -0.2) is 5.78 Å². The van der Waals surface area contributed by atoms with Gasteiger partial charge in [0.25, 0.3) is 6.43 Å². The molecule has 0 fully saturated rings. The van der Waals surface area contributed by atoms with Gasteiger partial charge >= 0.3 is 0 Å². The molecule has 5 heteroatoms. The Labute approximate surface area is 87.1 Å². The number of benzene rings is 1. The Morgan fingerprint density at radius 1 is 1.43 bits per heavy atom. The van der Waals surface area contributed by atoms with Gasteiger partial charge in [0.05, 0.1) is 10.0 Å². The van der Waals surface area contributed by atoms with Crippen molar-refractivity contribution in [2.75, 3.05) is 0 Å². The van der Waals surface area contributed by atoms with Crippen molar-refractivity contribution < 1.29 is 18.0 Å². The summed E-state index contributed by atoms with van der Waals surface area (Å²) in [6.45, 7) is 1.13. The number of hydrogen-bond donors (Lipinski definition) is 0. The largest absolute Gasteiger partial charge is 0.294 e. The zero-order chi connectivity index (χ0) is 10.9. The van der Waals surface area contributed by atoms with Gasteiger partial charge in [0.1, 0.15) is 5.82 Å². The lowest BCUT2D eigenvalue weighted by Crippen LogP contribution is -2.00. The summed E-state index contributed by atoms with van der Waals surface area (Å²) in [5.74, 6) is -1.38. The van der Waals surface area contributed by atoms with Crippen molar-refractivity contribution in [3.05, 3.63) is 33.5 Å². The first-order chi connectivity index (χ1) is 6.43. The molecule has 0 N–H and O–H groups in total. The second kappa shape index (κ2) is 4.13. The lowest BCUT2D eigenvalue weighted by Gasteiger charge is -2.05. The fraction of sp³-hybridized carbons (Fsp3) is 0.222. The summed E-state index contributed by atoms with van der Waals surface area (Å²) < 4.78 is 37.6. The maximum absolute atomic E-state index is 13.2. The van der Waals surface area contributed by atoms with E-state index in [-0.39, 0.29) is 15.6 Å². The summed E-state index contributed by atoms with van der Waals surface area (Å²) in [5, 5.41) is 0. The molecule has 76 valence electrons. The molecule has 0 aromatic heterocycles. The molecule has 0 spiro atoms. The van der Waals surface area contributed by atoms with Gasteiger partial charge in [0, 0.05) is 5.56 Å². The van der Waals surface area contributed by atoms with E-state index in [1.54, 1.807) is 0 Å². The number of carbonyl (C=O) groups is 1. The van der Waals surface area contributed by atoms with Crippen molar-refractivity contribution in [2.45, 2.75) is 13.3 Å². The van der Waals surface area contributed by atoms with Gasteiger partial charge in [-0.05, 0) is 35.0 Å². The maximum Gasteiger partial charge on any atom is 0.263 e. The first kappa shape index (κ1) is 11.2. The molecule has 1 nitrogen and oxygen atoms in total. The Morgan fingerprint density at radius 3 is 2.43 bits per heavy atom. The van der Waals surface area contributed by atoms with Crippen molar-refractivity contribution in [3.63, 3.8) is 0 Å². The van der Waals surface area contributed by atoms with E-state index in [1.807, 2.05) is 0 Å². The van der Waals surface area contributed by atoms with Crippen molar-refractivity contribution >= 4 is 21.7 Å². The molecular formula is C9H6BrF3O. The van der Waals surface area contributed by atoms with Gasteiger partial charge in [-0.1, -0.05) is 0 Å².